The van der Waals surface area contributed by atoms with E-state index in [4.69, 9.17) is 0 Å². The van der Waals surface area contributed by atoms with Crippen molar-refractivity contribution in [1.29, 1.82) is 0 Å². The fraction of sp³-hybridized carbons (Fsp3) is 0.231. The molecule has 0 fully saturated rings. The predicted octanol–water partition coefficient (Wildman–Crippen LogP) is 6.03. The van der Waals surface area contributed by atoms with E-state index < -0.39 is 11.7 Å². The summed E-state index contributed by atoms with van der Waals surface area (Å²) in [5.74, 6) is 0.908. The molecule has 1 amide bonds. The number of benzene rings is 2. The normalized spacial score (nSPS) is 11.6. The van der Waals surface area contributed by atoms with E-state index in [0.717, 1.165) is 17.7 Å². The number of nitrogens with one attached hydrogen (secondary N) is 1. The van der Waals surface area contributed by atoms with Crippen molar-refractivity contribution >= 4 is 17.7 Å². The van der Waals surface area contributed by atoms with E-state index >= 15 is 0 Å². The molecule has 6 nitrogen and oxygen atoms in total. The number of pyridine rings is 1. The van der Waals surface area contributed by atoms with Crippen LogP contribution in [0.2, 0.25) is 0 Å². The van der Waals surface area contributed by atoms with Crippen LogP contribution in [0.1, 0.15) is 35.3 Å². The Balaban J connectivity index is 1.69. The molecule has 0 bridgehead atoms. The minimum Gasteiger partial charge on any atom is -0.352 e. The van der Waals surface area contributed by atoms with Crippen molar-refractivity contribution < 1.29 is 18.0 Å². The van der Waals surface area contributed by atoms with Crippen molar-refractivity contribution in [3.8, 4) is 17.1 Å². The van der Waals surface area contributed by atoms with Crippen LogP contribution in [0.15, 0.2) is 78.2 Å². The predicted molar refractivity (Wildman–Crippen MR) is 133 cm³/mol. The lowest BCUT2D eigenvalue weighted by molar-refractivity contribution is -0.137. The lowest BCUT2D eigenvalue weighted by Gasteiger charge is -2.14. The number of halogens is 3. The fourth-order valence-corrected chi connectivity index (χ4v) is 4.46. The number of hydrogen-bond acceptors (Lipinski definition) is 5. The zero-order valence-corrected chi connectivity index (χ0v) is 20.5. The quantitative estimate of drug-likeness (QED) is 0.293. The highest BCUT2D eigenvalue weighted by Crippen LogP contribution is 2.34. The first kappa shape index (κ1) is 25.4. The standard InChI is InChI=1S/C26H24F3N5OS/c1-17(2)15-31-24(35)22-9-4-3-6-19(22)16-36-25-33-32-23(18-10-12-30-13-11-18)34(25)21-8-5-7-20(14-21)26(27,28)29/h3-14,17H,15-16H2,1-2H3,(H,31,35). The number of alkyl halides is 3. The number of nitrogens with zero attached hydrogens (tertiary/aromatic N) is 4. The monoisotopic (exact) mass is 511 g/mol. The Morgan fingerprint density at radius 2 is 1.78 bits per heavy atom. The largest absolute Gasteiger partial charge is 0.416 e. The van der Waals surface area contributed by atoms with E-state index in [1.165, 1.54) is 17.8 Å². The Morgan fingerprint density at radius 3 is 2.50 bits per heavy atom. The van der Waals surface area contributed by atoms with Gasteiger partial charge in [0.25, 0.3) is 5.91 Å². The summed E-state index contributed by atoms with van der Waals surface area (Å²) in [6.45, 7) is 4.59. The maximum absolute atomic E-state index is 13.4. The molecular formula is C26H24F3N5OS. The molecular weight excluding hydrogens is 487 g/mol. The molecule has 36 heavy (non-hydrogen) atoms. The zero-order chi connectivity index (χ0) is 25.7. The number of thioether (sulfide) groups is 1. The van der Waals surface area contributed by atoms with E-state index in [1.807, 2.05) is 26.0 Å². The van der Waals surface area contributed by atoms with Crippen LogP contribution in [0.5, 0.6) is 0 Å². The molecule has 0 saturated heterocycles. The van der Waals surface area contributed by atoms with Crippen LogP contribution in [0.4, 0.5) is 13.2 Å². The smallest absolute Gasteiger partial charge is 0.352 e. The van der Waals surface area contributed by atoms with Gasteiger partial charge in [0.1, 0.15) is 0 Å². The summed E-state index contributed by atoms with van der Waals surface area (Å²) < 4.78 is 41.9. The molecule has 10 heteroatoms. The van der Waals surface area contributed by atoms with Crippen molar-refractivity contribution in [1.82, 2.24) is 25.1 Å². The molecule has 4 rings (SSSR count). The van der Waals surface area contributed by atoms with Gasteiger partial charge in [-0.15, -0.1) is 10.2 Å². The minimum absolute atomic E-state index is 0.170. The lowest BCUT2D eigenvalue weighted by Crippen LogP contribution is -2.28. The van der Waals surface area contributed by atoms with E-state index in [1.54, 1.807) is 47.3 Å². The van der Waals surface area contributed by atoms with Crippen molar-refractivity contribution in [2.45, 2.75) is 30.9 Å². The summed E-state index contributed by atoms with van der Waals surface area (Å²) in [6.07, 6.45) is -1.32. The molecule has 0 aliphatic rings. The molecule has 1 N–H and O–H groups in total. The molecule has 4 aromatic rings. The first-order valence-corrected chi connectivity index (χ1v) is 12.2. The summed E-state index contributed by atoms with van der Waals surface area (Å²) >= 11 is 1.29. The van der Waals surface area contributed by atoms with Crippen molar-refractivity contribution in [3.63, 3.8) is 0 Å². The Morgan fingerprint density at radius 1 is 1.03 bits per heavy atom. The summed E-state index contributed by atoms with van der Waals surface area (Å²) in [5.41, 5.74) is 1.51. The number of hydrogen-bond donors (Lipinski definition) is 1. The van der Waals surface area contributed by atoms with Gasteiger partial charge in [0, 0.05) is 35.8 Å². The average Bonchev–Trinajstić information content (AvgIpc) is 3.30. The van der Waals surface area contributed by atoms with Crippen LogP contribution in [0.3, 0.4) is 0 Å². The molecule has 0 radical (unpaired) electrons. The fourth-order valence-electron chi connectivity index (χ4n) is 3.51. The summed E-state index contributed by atoms with van der Waals surface area (Å²) in [4.78, 5) is 16.7. The molecule has 0 spiro atoms. The van der Waals surface area contributed by atoms with Crippen LogP contribution in [0, 0.1) is 5.92 Å². The van der Waals surface area contributed by atoms with Gasteiger partial charge < -0.3 is 5.32 Å². The average molecular weight is 512 g/mol. The molecule has 0 atom stereocenters. The highest BCUT2D eigenvalue weighted by atomic mass is 32.2. The van der Waals surface area contributed by atoms with Gasteiger partial charge in [0.2, 0.25) is 0 Å². The van der Waals surface area contributed by atoms with Crippen molar-refractivity contribution in [3.05, 3.63) is 89.7 Å². The van der Waals surface area contributed by atoms with Gasteiger partial charge in [-0.1, -0.05) is 49.9 Å². The molecule has 2 aromatic heterocycles. The van der Waals surface area contributed by atoms with Gasteiger partial charge in [0.05, 0.1) is 11.3 Å². The third kappa shape index (κ3) is 5.93. The SMILES string of the molecule is CC(C)CNC(=O)c1ccccc1CSc1nnc(-c2ccncc2)n1-c1cccc(C(F)(F)F)c1. The van der Waals surface area contributed by atoms with Crippen LogP contribution >= 0.6 is 11.8 Å². The molecule has 2 heterocycles. The molecule has 0 aliphatic carbocycles. The number of aromatic nitrogens is 4. The molecule has 2 aromatic carbocycles. The Hall–Kier alpha value is -3.66. The molecule has 0 unspecified atom stereocenters. The van der Waals surface area contributed by atoms with Gasteiger partial charge >= 0.3 is 6.18 Å². The summed E-state index contributed by atoms with van der Waals surface area (Å²) in [6, 6.07) is 15.7. The van der Waals surface area contributed by atoms with Gasteiger partial charge in [-0.3, -0.25) is 14.3 Å². The Labute approximate surface area is 211 Å². The summed E-state index contributed by atoms with van der Waals surface area (Å²) in [5, 5.41) is 11.9. The van der Waals surface area contributed by atoms with Crippen LogP contribution < -0.4 is 5.32 Å². The van der Waals surface area contributed by atoms with Crippen LogP contribution in [-0.4, -0.2) is 32.2 Å². The second-order valence-electron chi connectivity index (χ2n) is 8.48. The zero-order valence-electron chi connectivity index (χ0n) is 19.7. The maximum atomic E-state index is 13.4. The number of carbonyl (C=O) groups is 1. The van der Waals surface area contributed by atoms with Crippen LogP contribution in [0.25, 0.3) is 17.1 Å². The third-order valence-corrected chi connectivity index (χ3v) is 6.27. The van der Waals surface area contributed by atoms with Crippen molar-refractivity contribution in [2.75, 3.05) is 6.54 Å². The van der Waals surface area contributed by atoms with E-state index in [2.05, 4.69) is 20.5 Å². The maximum Gasteiger partial charge on any atom is 0.416 e. The lowest BCUT2D eigenvalue weighted by atomic mass is 10.1. The van der Waals surface area contributed by atoms with Gasteiger partial charge in [0.15, 0.2) is 11.0 Å². The second-order valence-corrected chi connectivity index (χ2v) is 9.42. The topological polar surface area (TPSA) is 72.7 Å². The number of rotatable bonds is 8. The Kier molecular flexibility index (Phi) is 7.73. The second kappa shape index (κ2) is 10.9. The van der Waals surface area contributed by atoms with Crippen molar-refractivity contribution in [2.24, 2.45) is 5.92 Å². The third-order valence-electron chi connectivity index (χ3n) is 5.29. The van der Waals surface area contributed by atoms with E-state index in [-0.39, 0.29) is 11.6 Å². The molecule has 0 saturated carbocycles. The van der Waals surface area contributed by atoms with Gasteiger partial charge in [-0.25, -0.2) is 0 Å². The highest BCUT2D eigenvalue weighted by Gasteiger charge is 2.31. The number of amides is 1. The van der Waals surface area contributed by atoms with E-state index in [9.17, 15) is 18.0 Å². The minimum atomic E-state index is -4.49. The molecule has 186 valence electrons. The highest BCUT2D eigenvalue weighted by molar-refractivity contribution is 7.98. The molecule has 0 aliphatic heterocycles. The van der Waals surface area contributed by atoms with Gasteiger partial charge in [-0.2, -0.15) is 13.2 Å². The Bertz CT molecular complexity index is 1340. The number of carbonyl (C=O) groups excluding carboxylic acids is 1. The first-order chi connectivity index (χ1) is 17.2. The van der Waals surface area contributed by atoms with Gasteiger partial charge in [-0.05, 0) is 47.9 Å². The first-order valence-electron chi connectivity index (χ1n) is 11.3. The summed E-state index contributed by atoms with van der Waals surface area (Å²) in [7, 11) is 0. The van der Waals surface area contributed by atoms with Crippen LogP contribution in [-0.2, 0) is 11.9 Å². The van der Waals surface area contributed by atoms with E-state index in [0.29, 0.717) is 40.3 Å².